The molecular weight excluding hydrogens is 222 g/mol. The Morgan fingerprint density at radius 3 is 3.06 bits per heavy atom. The molecule has 2 N–H and O–H groups in total. The average molecular weight is 241 g/mol. The van der Waals surface area contributed by atoms with Crippen LogP contribution in [0.1, 0.15) is 12.8 Å². The van der Waals surface area contributed by atoms with Crippen LogP contribution in [0.5, 0.6) is 0 Å². The monoisotopic (exact) mass is 241 g/mol. The van der Waals surface area contributed by atoms with E-state index in [1.807, 2.05) is 10.8 Å². The van der Waals surface area contributed by atoms with Crippen LogP contribution in [0.25, 0.3) is 0 Å². The van der Waals surface area contributed by atoms with Crippen molar-refractivity contribution in [1.82, 2.24) is 14.9 Å². The zero-order chi connectivity index (χ0) is 12.3. The molecule has 1 rings (SSSR count). The van der Waals surface area contributed by atoms with E-state index in [1.54, 1.807) is 12.5 Å². The van der Waals surface area contributed by atoms with Crippen molar-refractivity contribution in [1.29, 1.82) is 0 Å². The standard InChI is InChI=1S/C11H19N3O3/c15-7-9-17-8-1-3-13-11(16)2-5-14-6-4-12-10-14/h4,6,10,15H,1-3,5,7-9H2,(H,13,16). The Kier molecular flexibility index (Phi) is 7.01. The number of hydrogen-bond donors (Lipinski definition) is 2. The number of ether oxygens (including phenoxy) is 1. The minimum absolute atomic E-state index is 0.0286. The van der Waals surface area contributed by atoms with Crippen molar-refractivity contribution in [3.8, 4) is 0 Å². The summed E-state index contributed by atoms with van der Waals surface area (Å²) in [7, 11) is 0. The highest BCUT2D eigenvalue weighted by molar-refractivity contribution is 5.75. The second-order valence-electron chi connectivity index (χ2n) is 3.59. The van der Waals surface area contributed by atoms with Gasteiger partial charge in [0.25, 0.3) is 0 Å². The van der Waals surface area contributed by atoms with Crippen molar-refractivity contribution >= 4 is 5.91 Å². The average Bonchev–Trinajstić information content (AvgIpc) is 2.84. The first-order valence-electron chi connectivity index (χ1n) is 5.74. The minimum atomic E-state index is 0.0286. The lowest BCUT2D eigenvalue weighted by Crippen LogP contribution is -2.26. The smallest absolute Gasteiger partial charge is 0.221 e. The van der Waals surface area contributed by atoms with Crippen LogP contribution in [0.4, 0.5) is 0 Å². The van der Waals surface area contributed by atoms with Gasteiger partial charge in [0.05, 0.1) is 19.5 Å². The molecule has 0 spiro atoms. The molecule has 0 bridgehead atoms. The fourth-order valence-corrected chi connectivity index (χ4v) is 1.31. The molecule has 0 aliphatic heterocycles. The largest absolute Gasteiger partial charge is 0.394 e. The van der Waals surface area contributed by atoms with Gasteiger partial charge in [0.2, 0.25) is 5.91 Å². The lowest BCUT2D eigenvalue weighted by atomic mass is 10.3. The Balaban J connectivity index is 1.94. The van der Waals surface area contributed by atoms with Crippen LogP contribution >= 0.6 is 0 Å². The molecule has 0 aliphatic carbocycles. The van der Waals surface area contributed by atoms with Gasteiger partial charge < -0.3 is 19.7 Å². The zero-order valence-electron chi connectivity index (χ0n) is 9.84. The molecule has 0 aromatic carbocycles. The van der Waals surface area contributed by atoms with Crippen LogP contribution in [0, 0.1) is 0 Å². The molecule has 0 unspecified atom stereocenters. The van der Waals surface area contributed by atoms with Gasteiger partial charge in [0, 0.05) is 38.5 Å². The van der Waals surface area contributed by atoms with Crippen molar-refractivity contribution in [2.75, 3.05) is 26.4 Å². The molecule has 0 radical (unpaired) electrons. The molecule has 0 atom stereocenters. The van der Waals surface area contributed by atoms with Crippen LogP contribution in [-0.2, 0) is 16.1 Å². The third-order valence-corrected chi connectivity index (χ3v) is 2.18. The molecule has 0 saturated carbocycles. The molecular formula is C11H19N3O3. The van der Waals surface area contributed by atoms with Crippen LogP contribution in [-0.4, -0.2) is 46.9 Å². The first-order valence-corrected chi connectivity index (χ1v) is 5.74. The van der Waals surface area contributed by atoms with Crippen LogP contribution < -0.4 is 5.32 Å². The van der Waals surface area contributed by atoms with E-state index >= 15 is 0 Å². The number of aliphatic hydroxyl groups is 1. The van der Waals surface area contributed by atoms with Crippen LogP contribution in [0.2, 0.25) is 0 Å². The van der Waals surface area contributed by atoms with Crippen molar-refractivity contribution in [2.24, 2.45) is 0 Å². The van der Waals surface area contributed by atoms with Gasteiger partial charge in [0.1, 0.15) is 0 Å². The third kappa shape index (κ3) is 6.70. The number of hydrogen-bond acceptors (Lipinski definition) is 4. The topological polar surface area (TPSA) is 76.4 Å². The van der Waals surface area contributed by atoms with Gasteiger partial charge in [-0.2, -0.15) is 0 Å². The Morgan fingerprint density at radius 1 is 1.47 bits per heavy atom. The first kappa shape index (κ1) is 13.7. The number of nitrogens with one attached hydrogen (secondary N) is 1. The molecule has 0 saturated heterocycles. The van der Waals surface area contributed by atoms with Gasteiger partial charge in [-0.1, -0.05) is 0 Å². The number of aromatic nitrogens is 2. The third-order valence-electron chi connectivity index (χ3n) is 2.18. The second kappa shape index (κ2) is 8.72. The van der Waals surface area contributed by atoms with Gasteiger partial charge in [-0.05, 0) is 6.42 Å². The van der Waals surface area contributed by atoms with E-state index in [-0.39, 0.29) is 12.5 Å². The SMILES string of the molecule is O=C(CCn1ccnc1)NCCCOCCO. The van der Waals surface area contributed by atoms with E-state index in [0.29, 0.717) is 32.7 Å². The summed E-state index contributed by atoms with van der Waals surface area (Å²) in [4.78, 5) is 15.3. The highest BCUT2D eigenvalue weighted by atomic mass is 16.5. The van der Waals surface area contributed by atoms with Crippen molar-refractivity contribution in [3.63, 3.8) is 0 Å². The predicted octanol–water partition coefficient (Wildman–Crippen LogP) is -0.212. The first-order chi connectivity index (χ1) is 8.33. The van der Waals surface area contributed by atoms with E-state index < -0.39 is 0 Å². The summed E-state index contributed by atoms with van der Waals surface area (Å²) in [6.45, 7) is 2.20. The van der Waals surface area contributed by atoms with E-state index in [9.17, 15) is 4.79 Å². The molecule has 1 aromatic rings. The number of aryl methyl sites for hydroxylation is 1. The molecule has 1 amide bonds. The highest BCUT2D eigenvalue weighted by Crippen LogP contribution is 1.90. The Bertz CT molecular complexity index is 301. The number of carbonyl (C=O) groups excluding carboxylic acids is 1. The number of imidazole rings is 1. The number of aliphatic hydroxyl groups excluding tert-OH is 1. The maximum atomic E-state index is 11.4. The molecule has 96 valence electrons. The molecule has 1 aromatic heterocycles. The number of amides is 1. The maximum absolute atomic E-state index is 11.4. The van der Waals surface area contributed by atoms with E-state index in [2.05, 4.69) is 10.3 Å². The molecule has 1 heterocycles. The van der Waals surface area contributed by atoms with Gasteiger partial charge in [-0.15, -0.1) is 0 Å². The van der Waals surface area contributed by atoms with Crippen molar-refractivity contribution in [2.45, 2.75) is 19.4 Å². The van der Waals surface area contributed by atoms with E-state index in [4.69, 9.17) is 9.84 Å². The second-order valence-corrected chi connectivity index (χ2v) is 3.59. The van der Waals surface area contributed by atoms with Crippen LogP contribution in [0.3, 0.4) is 0 Å². The van der Waals surface area contributed by atoms with Gasteiger partial charge in [-0.25, -0.2) is 4.98 Å². The number of nitrogens with zero attached hydrogens (tertiary/aromatic N) is 2. The fourth-order valence-electron chi connectivity index (χ4n) is 1.31. The summed E-state index contributed by atoms with van der Waals surface area (Å²) in [5.74, 6) is 0.0286. The summed E-state index contributed by atoms with van der Waals surface area (Å²) < 4.78 is 6.93. The predicted molar refractivity (Wildman–Crippen MR) is 62.4 cm³/mol. The van der Waals surface area contributed by atoms with Gasteiger partial charge >= 0.3 is 0 Å². The maximum Gasteiger partial charge on any atom is 0.221 e. The Hall–Kier alpha value is -1.40. The lowest BCUT2D eigenvalue weighted by molar-refractivity contribution is -0.121. The molecule has 6 heteroatoms. The Labute approximate surface area is 101 Å². The summed E-state index contributed by atoms with van der Waals surface area (Å²) >= 11 is 0. The van der Waals surface area contributed by atoms with Crippen molar-refractivity contribution in [3.05, 3.63) is 18.7 Å². The van der Waals surface area contributed by atoms with Crippen molar-refractivity contribution < 1.29 is 14.6 Å². The summed E-state index contributed by atoms with van der Waals surface area (Å²) in [6, 6.07) is 0. The van der Waals surface area contributed by atoms with E-state index in [0.717, 1.165) is 6.42 Å². The quantitative estimate of drug-likeness (QED) is 0.586. The zero-order valence-corrected chi connectivity index (χ0v) is 9.84. The molecule has 0 aliphatic rings. The number of rotatable bonds is 9. The highest BCUT2D eigenvalue weighted by Gasteiger charge is 2.00. The summed E-state index contributed by atoms with van der Waals surface area (Å²) in [5.41, 5.74) is 0. The van der Waals surface area contributed by atoms with Gasteiger partial charge in [0.15, 0.2) is 0 Å². The minimum Gasteiger partial charge on any atom is -0.394 e. The van der Waals surface area contributed by atoms with E-state index in [1.165, 1.54) is 0 Å². The summed E-state index contributed by atoms with van der Waals surface area (Å²) in [5, 5.41) is 11.3. The van der Waals surface area contributed by atoms with Crippen LogP contribution in [0.15, 0.2) is 18.7 Å². The molecule has 0 fully saturated rings. The normalized spacial score (nSPS) is 10.4. The fraction of sp³-hybridized carbons (Fsp3) is 0.636. The molecule has 6 nitrogen and oxygen atoms in total. The Morgan fingerprint density at radius 2 is 2.35 bits per heavy atom. The van der Waals surface area contributed by atoms with Gasteiger partial charge in [-0.3, -0.25) is 4.79 Å². The lowest BCUT2D eigenvalue weighted by Gasteiger charge is -2.06. The molecule has 17 heavy (non-hydrogen) atoms. The number of carbonyl (C=O) groups is 1. The summed E-state index contributed by atoms with van der Waals surface area (Å²) in [6.07, 6.45) is 6.42.